The molecule has 1 aliphatic rings. The second-order valence-electron chi connectivity index (χ2n) is 7.87. The van der Waals surface area contributed by atoms with Gasteiger partial charge in [-0.25, -0.2) is 0 Å². The van der Waals surface area contributed by atoms with Crippen LogP contribution in [0.1, 0.15) is 46.2 Å². The fourth-order valence-electron chi connectivity index (χ4n) is 4.64. The fraction of sp³-hybridized carbons (Fsp3) is 0.148. The first-order chi connectivity index (χ1) is 15.3. The van der Waals surface area contributed by atoms with E-state index in [1.807, 2.05) is 97.3 Å². The van der Waals surface area contributed by atoms with Gasteiger partial charge < -0.3 is 5.32 Å². The summed E-state index contributed by atoms with van der Waals surface area (Å²) in [6.45, 7) is 0. The summed E-state index contributed by atoms with van der Waals surface area (Å²) in [7, 11) is 0. The number of carbonyl (C=O) groups is 1. The lowest BCUT2D eigenvalue weighted by atomic mass is 9.70. The van der Waals surface area contributed by atoms with Crippen molar-refractivity contribution in [2.75, 3.05) is 0 Å². The number of hydrogen-bond donors (Lipinski definition) is 1. The van der Waals surface area contributed by atoms with Crippen LogP contribution in [0, 0.1) is 0 Å². The molecule has 5 rings (SSSR count). The summed E-state index contributed by atoms with van der Waals surface area (Å²) in [6.07, 6.45) is 7.22. The molecule has 1 aliphatic heterocycles. The molecule has 4 heteroatoms. The standard InChI is InChI=1S/C27H23N3O/c31-27-23(19-9-3-1-4-10-19)25(21-13-7-15-28-17-21)30-26(22-14-8-16-29-18-22)24(27)20-11-5-2-6-12-20/h1-18,23-26,30H. The van der Waals surface area contributed by atoms with Gasteiger partial charge in [0.2, 0.25) is 0 Å². The molecule has 31 heavy (non-hydrogen) atoms. The predicted molar refractivity (Wildman–Crippen MR) is 120 cm³/mol. The van der Waals surface area contributed by atoms with E-state index in [1.54, 1.807) is 12.4 Å². The van der Waals surface area contributed by atoms with Crippen molar-refractivity contribution in [3.8, 4) is 0 Å². The molecule has 4 unspecified atom stereocenters. The van der Waals surface area contributed by atoms with Gasteiger partial charge in [0.15, 0.2) is 5.78 Å². The second kappa shape index (κ2) is 8.62. The Morgan fingerprint density at radius 3 is 1.35 bits per heavy atom. The molecule has 0 spiro atoms. The molecule has 0 radical (unpaired) electrons. The maximum absolute atomic E-state index is 14.2. The van der Waals surface area contributed by atoms with Crippen LogP contribution >= 0.6 is 0 Å². The normalized spacial score (nSPS) is 23.4. The van der Waals surface area contributed by atoms with Crippen LogP contribution in [0.3, 0.4) is 0 Å². The molecule has 152 valence electrons. The molecule has 4 aromatic rings. The number of pyridine rings is 2. The third kappa shape index (κ3) is 3.78. The number of nitrogens with one attached hydrogen (secondary N) is 1. The molecule has 4 atom stereocenters. The molecular weight excluding hydrogens is 382 g/mol. The van der Waals surface area contributed by atoms with Gasteiger partial charge in [0, 0.05) is 36.9 Å². The maximum atomic E-state index is 14.2. The van der Waals surface area contributed by atoms with E-state index >= 15 is 0 Å². The van der Waals surface area contributed by atoms with Crippen molar-refractivity contribution in [2.24, 2.45) is 0 Å². The van der Waals surface area contributed by atoms with Crippen LogP contribution < -0.4 is 5.32 Å². The van der Waals surface area contributed by atoms with Crippen molar-refractivity contribution < 1.29 is 4.79 Å². The molecule has 1 N–H and O–H groups in total. The second-order valence-corrected chi connectivity index (χ2v) is 7.87. The first-order valence-corrected chi connectivity index (χ1v) is 10.5. The summed E-state index contributed by atoms with van der Waals surface area (Å²) >= 11 is 0. The van der Waals surface area contributed by atoms with E-state index in [2.05, 4.69) is 15.3 Å². The van der Waals surface area contributed by atoms with Gasteiger partial charge in [0.1, 0.15) is 0 Å². The minimum absolute atomic E-state index is 0.186. The van der Waals surface area contributed by atoms with E-state index in [1.165, 1.54) is 0 Å². The van der Waals surface area contributed by atoms with Gasteiger partial charge in [0.05, 0.1) is 11.8 Å². The van der Waals surface area contributed by atoms with Crippen molar-refractivity contribution in [1.82, 2.24) is 15.3 Å². The summed E-state index contributed by atoms with van der Waals surface area (Å²) in [5.74, 6) is -0.425. The summed E-state index contributed by atoms with van der Waals surface area (Å²) in [5, 5.41) is 3.81. The lowest BCUT2D eigenvalue weighted by Crippen LogP contribution is -2.46. The summed E-state index contributed by atoms with van der Waals surface area (Å²) in [6, 6.07) is 27.7. The molecule has 3 heterocycles. The van der Waals surface area contributed by atoms with Crippen LogP contribution in [-0.4, -0.2) is 15.8 Å². The number of ketones is 1. The third-order valence-electron chi connectivity index (χ3n) is 6.04. The van der Waals surface area contributed by atoms with Gasteiger partial charge in [-0.2, -0.15) is 0 Å². The molecule has 2 aromatic heterocycles. The number of Topliss-reactive ketones (excluding diaryl/α,β-unsaturated/α-hetero) is 1. The van der Waals surface area contributed by atoms with Crippen LogP contribution in [0.4, 0.5) is 0 Å². The number of nitrogens with zero attached hydrogens (tertiary/aromatic N) is 2. The number of carbonyl (C=O) groups excluding carboxylic acids is 1. The summed E-state index contributed by atoms with van der Waals surface area (Å²) < 4.78 is 0. The van der Waals surface area contributed by atoms with Gasteiger partial charge in [-0.1, -0.05) is 72.8 Å². The van der Waals surface area contributed by atoms with E-state index in [0.717, 1.165) is 22.3 Å². The zero-order chi connectivity index (χ0) is 21.0. The quantitative estimate of drug-likeness (QED) is 0.519. The lowest BCUT2D eigenvalue weighted by molar-refractivity contribution is -0.125. The SMILES string of the molecule is O=C1C(c2ccccc2)C(c2cccnc2)NC(c2cccnc2)C1c1ccccc1. The van der Waals surface area contributed by atoms with Gasteiger partial charge >= 0.3 is 0 Å². The van der Waals surface area contributed by atoms with Gasteiger partial charge in [-0.05, 0) is 34.4 Å². The van der Waals surface area contributed by atoms with E-state index in [9.17, 15) is 4.79 Å². The minimum atomic E-state index is -0.316. The third-order valence-corrected chi connectivity index (χ3v) is 6.04. The van der Waals surface area contributed by atoms with Gasteiger partial charge in [0.25, 0.3) is 0 Å². The zero-order valence-corrected chi connectivity index (χ0v) is 17.0. The highest BCUT2D eigenvalue weighted by Crippen LogP contribution is 2.46. The Balaban J connectivity index is 1.67. The van der Waals surface area contributed by atoms with E-state index < -0.39 is 0 Å². The van der Waals surface area contributed by atoms with Crippen LogP contribution in [0.5, 0.6) is 0 Å². The highest BCUT2D eigenvalue weighted by atomic mass is 16.1. The highest BCUT2D eigenvalue weighted by Gasteiger charge is 2.46. The van der Waals surface area contributed by atoms with Crippen molar-refractivity contribution in [3.05, 3.63) is 132 Å². The number of benzene rings is 2. The molecule has 0 saturated carbocycles. The maximum Gasteiger partial charge on any atom is 0.151 e. The average Bonchev–Trinajstić information content (AvgIpc) is 2.85. The summed E-state index contributed by atoms with van der Waals surface area (Å²) in [5.41, 5.74) is 4.04. The largest absolute Gasteiger partial charge is 0.301 e. The average molecular weight is 406 g/mol. The molecule has 1 saturated heterocycles. The predicted octanol–water partition coefficient (Wildman–Crippen LogP) is 5.00. The molecule has 0 amide bonds. The Morgan fingerprint density at radius 2 is 0.968 bits per heavy atom. The number of piperidine rings is 1. The van der Waals surface area contributed by atoms with Gasteiger partial charge in [-0.3, -0.25) is 14.8 Å². The number of aromatic nitrogens is 2. The van der Waals surface area contributed by atoms with Crippen molar-refractivity contribution in [1.29, 1.82) is 0 Å². The molecule has 0 aliphatic carbocycles. The van der Waals surface area contributed by atoms with Crippen molar-refractivity contribution >= 4 is 5.78 Å². The van der Waals surface area contributed by atoms with Crippen molar-refractivity contribution in [3.63, 3.8) is 0 Å². The van der Waals surface area contributed by atoms with Crippen LogP contribution in [0.15, 0.2) is 110 Å². The molecule has 1 fully saturated rings. The van der Waals surface area contributed by atoms with E-state index in [4.69, 9.17) is 0 Å². The molecule has 2 aromatic carbocycles. The number of rotatable bonds is 4. The van der Waals surface area contributed by atoms with E-state index in [-0.39, 0.29) is 29.7 Å². The van der Waals surface area contributed by atoms with Gasteiger partial charge in [-0.15, -0.1) is 0 Å². The zero-order valence-electron chi connectivity index (χ0n) is 17.0. The lowest BCUT2D eigenvalue weighted by Gasteiger charge is -2.42. The van der Waals surface area contributed by atoms with Crippen molar-refractivity contribution in [2.45, 2.75) is 23.9 Å². The Kier molecular flexibility index (Phi) is 5.38. The molecule has 4 nitrogen and oxygen atoms in total. The Bertz CT molecular complexity index is 1040. The summed E-state index contributed by atoms with van der Waals surface area (Å²) in [4.78, 5) is 22.9. The van der Waals surface area contributed by atoms with Crippen LogP contribution in [-0.2, 0) is 4.79 Å². The smallest absolute Gasteiger partial charge is 0.151 e. The fourth-order valence-corrected chi connectivity index (χ4v) is 4.64. The van der Waals surface area contributed by atoms with E-state index in [0.29, 0.717) is 0 Å². The van der Waals surface area contributed by atoms with Crippen LogP contribution in [0.2, 0.25) is 0 Å². The minimum Gasteiger partial charge on any atom is -0.301 e. The Labute approximate surface area is 182 Å². The first-order valence-electron chi connectivity index (χ1n) is 10.5. The first kappa shape index (κ1) is 19.3. The Hall–Kier alpha value is -3.63. The molecule has 0 bridgehead atoms. The monoisotopic (exact) mass is 405 g/mol. The topological polar surface area (TPSA) is 54.9 Å². The van der Waals surface area contributed by atoms with Crippen LogP contribution in [0.25, 0.3) is 0 Å². The molecular formula is C27H23N3O. The Morgan fingerprint density at radius 1 is 0.548 bits per heavy atom. The number of hydrogen-bond acceptors (Lipinski definition) is 4. The highest BCUT2D eigenvalue weighted by molar-refractivity contribution is 5.94.